The highest BCUT2D eigenvalue weighted by atomic mass is 35.5. The Bertz CT molecular complexity index is 495. The second-order valence-corrected chi connectivity index (χ2v) is 8.61. The Labute approximate surface area is 117 Å². The Balaban J connectivity index is 2.05. The lowest BCUT2D eigenvalue weighted by Crippen LogP contribution is -2.32. The molecule has 1 aromatic heterocycles. The average molecular weight is 309 g/mol. The molecule has 18 heavy (non-hydrogen) atoms. The summed E-state index contributed by atoms with van der Waals surface area (Å²) in [5, 5.41) is 0. The minimum atomic E-state index is -3.41. The van der Waals surface area contributed by atoms with E-state index in [-0.39, 0.29) is 8.68 Å². The summed E-state index contributed by atoms with van der Waals surface area (Å²) in [6.45, 7) is 0.595. The molecule has 4 nitrogen and oxygen atoms in total. The first kappa shape index (κ1) is 14.2. The number of hydrogen-bond acceptors (Lipinski definition) is 4. The number of thiazole rings is 1. The molecule has 0 saturated heterocycles. The van der Waals surface area contributed by atoms with E-state index in [9.17, 15) is 8.42 Å². The van der Waals surface area contributed by atoms with Gasteiger partial charge in [-0.3, -0.25) is 0 Å². The molecule has 0 atom stereocenters. The molecule has 1 aromatic rings. The molecule has 1 aliphatic carbocycles. The second-order valence-electron chi connectivity index (χ2n) is 4.72. The number of nitrogens with zero attached hydrogens (tertiary/aromatic N) is 2. The van der Waals surface area contributed by atoms with E-state index in [0.717, 1.165) is 24.2 Å². The Morgan fingerprint density at radius 2 is 2.11 bits per heavy atom. The number of rotatable bonds is 4. The summed E-state index contributed by atoms with van der Waals surface area (Å²) in [6.07, 6.45) is 7.29. The molecule has 2 rings (SSSR count). The average Bonchev–Trinajstić information content (AvgIpc) is 2.78. The maximum absolute atomic E-state index is 12.3. The van der Waals surface area contributed by atoms with Crippen LogP contribution in [-0.4, -0.2) is 31.3 Å². The summed E-state index contributed by atoms with van der Waals surface area (Å²) in [4.78, 5) is 3.79. The predicted molar refractivity (Wildman–Crippen MR) is 73.5 cm³/mol. The number of hydrogen-bond donors (Lipinski definition) is 0. The van der Waals surface area contributed by atoms with E-state index in [1.54, 1.807) is 7.05 Å². The van der Waals surface area contributed by atoms with E-state index in [0.29, 0.717) is 12.5 Å². The van der Waals surface area contributed by atoms with Crippen molar-refractivity contribution in [1.29, 1.82) is 0 Å². The van der Waals surface area contributed by atoms with Crippen LogP contribution < -0.4 is 0 Å². The fraction of sp³-hybridized carbons (Fsp3) is 0.727. The van der Waals surface area contributed by atoms with Gasteiger partial charge in [0, 0.05) is 13.6 Å². The van der Waals surface area contributed by atoms with Crippen LogP contribution in [0.3, 0.4) is 0 Å². The first-order valence-electron chi connectivity index (χ1n) is 6.08. The van der Waals surface area contributed by atoms with Crippen LogP contribution in [-0.2, 0) is 10.0 Å². The van der Waals surface area contributed by atoms with Crippen molar-refractivity contribution < 1.29 is 8.42 Å². The van der Waals surface area contributed by atoms with Crippen LogP contribution in [0.15, 0.2) is 10.4 Å². The molecule has 102 valence electrons. The van der Waals surface area contributed by atoms with Gasteiger partial charge < -0.3 is 0 Å². The van der Waals surface area contributed by atoms with Crippen LogP contribution in [0, 0.1) is 5.92 Å². The molecule has 1 fully saturated rings. The Morgan fingerprint density at radius 1 is 1.44 bits per heavy atom. The summed E-state index contributed by atoms with van der Waals surface area (Å²) in [5.74, 6) is 0.488. The molecule has 1 aliphatic rings. The van der Waals surface area contributed by atoms with Crippen molar-refractivity contribution in [2.24, 2.45) is 5.92 Å². The van der Waals surface area contributed by atoms with E-state index in [1.807, 2.05) is 0 Å². The summed E-state index contributed by atoms with van der Waals surface area (Å²) >= 11 is 6.70. The Morgan fingerprint density at radius 3 is 2.67 bits per heavy atom. The molecule has 1 heterocycles. The van der Waals surface area contributed by atoms with Crippen molar-refractivity contribution in [2.45, 2.75) is 36.3 Å². The van der Waals surface area contributed by atoms with Gasteiger partial charge in [-0.05, 0) is 18.8 Å². The molecule has 0 aliphatic heterocycles. The number of aromatic nitrogens is 1. The molecule has 1 saturated carbocycles. The lowest BCUT2D eigenvalue weighted by Gasteiger charge is -2.26. The van der Waals surface area contributed by atoms with Gasteiger partial charge in [-0.2, -0.15) is 4.31 Å². The summed E-state index contributed by atoms with van der Waals surface area (Å²) in [7, 11) is -1.78. The van der Waals surface area contributed by atoms with Gasteiger partial charge in [0.2, 0.25) is 0 Å². The van der Waals surface area contributed by atoms with Gasteiger partial charge in [-0.1, -0.05) is 42.2 Å². The van der Waals surface area contributed by atoms with Gasteiger partial charge in [0.25, 0.3) is 10.0 Å². The minimum absolute atomic E-state index is 0.228. The van der Waals surface area contributed by atoms with Crippen LogP contribution in [0.5, 0.6) is 0 Å². The first-order chi connectivity index (χ1) is 8.50. The standard InChI is InChI=1S/C11H17ClN2O2S2/c1-14(8-9-5-3-2-4-6-9)18(15,16)10-7-13-11(12)17-10/h7,9H,2-6,8H2,1H3. The zero-order valence-electron chi connectivity index (χ0n) is 10.3. The highest BCUT2D eigenvalue weighted by molar-refractivity contribution is 7.91. The van der Waals surface area contributed by atoms with Crippen LogP contribution in [0.2, 0.25) is 4.47 Å². The van der Waals surface area contributed by atoms with Crippen molar-refractivity contribution in [3.05, 3.63) is 10.7 Å². The lowest BCUT2D eigenvalue weighted by molar-refractivity contribution is 0.300. The SMILES string of the molecule is CN(CC1CCCCC1)S(=O)(=O)c1cnc(Cl)s1. The van der Waals surface area contributed by atoms with E-state index in [2.05, 4.69) is 4.98 Å². The smallest absolute Gasteiger partial charge is 0.232 e. The third kappa shape index (κ3) is 3.23. The molecule has 0 amide bonds. The van der Waals surface area contributed by atoms with Gasteiger partial charge in [0.05, 0.1) is 6.20 Å². The zero-order valence-corrected chi connectivity index (χ0v) is 12.7. The van der Waals surface area contributed by atoms with E-state index in [4.69, 9.17) is 11.6 Å². The second kappa shape index (κ2) is 5.86. The topological polar surface area (TPSA) is 50.3 Å². The molecule has 0 bridgehead atoms. The largest absolute Gasteiger partial charge is 0.253 e. The molecule has 0 aromatic carbocycles. The Kier molecular flexibility index (Phi) is 4.64. The molecule has 0 spiro atoms. The monoisotopic (exact) mass is 308 g/mol. The fourth-order valence-corrected chi connectivity index (χ4v) is 5.10. The van der Waals surface area contributed by atoms with Crippen molar-refractivity contribution in [2.75, 3.05) is 13.6 Å². The van der Waals surface area contributed by atoms with Crippen molar-refractivity contribution >= 4 is 33.0 Å². The normalized spacial score (nSPS) is 18.4. The van der Waals surface area contributed by atoms with Gasteiger partial charge in [0.1, 0.15) is 0 Å². The highest BCUT2D eigenvalue weighted by Gasteiger charge is 2.26. The van der Waals surface area contributed by atoms with Gasteiger partial charge in [-0.25, -0.2) is 13.4 Å². The molecular formula is C11H17ClN2O2S2. The third-order valence-electron chi connectivity index (χ3n) is 3.36. The van der Waals surface area contributed by atoms with E-state index >= 15 is 0 Å². The van der Waals surface area contributed by atoms with Crippen LogP contribution in [0.4, 0.5) is 0 Å². The molecule has 0 radical (unpaired) electrons. The van der Waals surface area contributed by atoms with Crippen LogP contribution in [0.25, 0.3) is 0 Å². The minimum Gasteiger partial charge on any atom is -0.232 e. The van der Waals surface area contributed by atoms with Gasteiger partial charge >= 0.3 is 0 Å². The summed E-state index contributed by atoms with van der Waals surface area (Å²) < 4.78 is 26.4. The van der Waals surface area contributed by atoms with Gasteiger partial charge in [0.15, 0.2) is 8.68 Å². The van der Waals surface area contributed by atoms with E-state index in [1.165, 1.54) is 29.8 Å². The van der Waals surface area contributed by atoms with Crippen LogP contribution in [0.1, 0.15) is 32.1 Å². The quantitative estimate of drug-likeness (QED) is 0.859. The van der Waals surface area contributed by atoms with Crippen molar-refractivity contribution in [1.82, 2.24) is 9.29 Å². The van der Waals surface area contributed by atoms with Crippen LogP contribution >= 0.6 is 22.9 Å². The van der Waals surface area contributed by atoms with Crippen molar-refractivity contribution in [3.63, 3.8) is 0 Å². The van der Waals surface area contributed by atoms with Gasteiger partial charge in [-0.15, -0.1) is 0 Å². The molecule has 0 N–H and O–H groups in total. The molecular weight excluding hydrogens is 292 g/mol. The molecule has 7 heteroatoms. The third-order valence-corrected chi connectivity index (χ3v) is 6.74. The predicted octanol–water partition coefficient (Wildman–Crippen LogP) is 3.00. The number of sulfonamides is 1. The first-order valence-corrected chi connectivity index (χ1v) is 8.71. The highest BCUT2D eigenvalue weighted by Crippen LogP contribution is 2.28. The molecule has 0 unspecified atom stereocenters. The maximum Gasteiger partial charge on any atom is 0.253 e. The van der Waals surface area contributed by atoms with E-state index < -0.39 is 10.0 Å². The zero-order chi connectivity index (χ0) is 13.2. The Hall–Kier alpha value is -0.170. The van der Waals surface area contributed by atoms with Crippen molar-refractivity contribution in [3.8, 4) is 0 Å². The summed E-state index contributed by atoms with van der Waals surface area (Å²) in [6, 6.07) is 0. The number of halogens is 1. The maximum atomic E-state index is 12.3. The fourth-order valence-electron chi connectivity index (χ4n) is 2.34. The summed E-state index contributed by atoms with van der Waals surface area (Å²) in [5.41, 5.74) is 0. The lowest BCUT2D eigenvalue weighted by atomic mass is 9.89.